The van der Waals surface area contributed by atoms with E-state index in [0.29, 0.717) is 13.2 Å². The Hall–Kier alpha value is -0.950. The Balaban J connectivity index is 1.45. The number of benzene rings is 1. The number of ether oxygens (including phenoxy) is 1. The van der Waals surface area contributed by atoms with Gasteiger partial charge in [0, 0.05) is 38.4 Å². The number of fused-ring (bicyclic) bond motifs is 1. The third-order valence-electron chi connectivity index (χ3n) is 3.80. The van der Waals surface area contributed by atoms with Crippen LogP contribution in [0.2, 0.25) is 0 Å². The number of morpholine rings is 1. The summed E-state index contributed by atoms with van der Waals surface area (Å²) in [5.41, 5.74) is 2.74. The van der Waals surface area contributed by atoms with Crippen molar-refractivity contribution in [3.8, 4) is 0 Å². The topological polar surface area (TPSA) is 44.8 Å². The van der Waals surface area contributed by atoms with Crippen LogP contribution in [0.1, 0.15) is 5.56 Å². The molecule has 0 aliphatic carbocycles. The van der Waals surface area contributed by atoms with Gasteiger partial charge in [-0.05, 0) is 18.1 Å². The Labute approximate surface area is 122 Å². The second-order valence-electron chi connectivity index (χ2n) is 5.05. The molecule has 1 fully saturated rings. The maximum atomic E-state index is 12.1. The highest BCUT2D eigenvalue weighted by atomic mass is 32.2. The van der Waals surface area contributed by atoms with Gasteiger partial charge in [-0.2, -0.15) is 0 Å². The van der Waals surface area contributed by atoms with Crippen molar-refractivity contribution in [3.63, 3.8) is 0 Å². The molecule has 2 aliphatic heterocycles. The Morgan fingerprint density at radius 2 is 2.00 bits per heavy atom. The van der Waals surface area contributed by atoms with Crippen molar-refractivity contribution in [1.82, 2.24) is 9.03 Å². The molecule has 6 heteroatoms. The van der Waals surface area contributed by atoms with Crippen LogP contribution in [0.25, 0.3) is 0 Å². The zero-order chi connectivity index (χ0) is 13.8. The SMILES string of the molecule is O=S(NCCN1CCc2ccccc21)N1CCOCC1. The van der Waals surface area contributed by atoms with Crippen LogP contribution < -0.4 is 9.62 Å². The molecule has 0 spiro atoms. The van der Waals surface area contributed by atoms with Crippen LogP contribution in [0.15, 0.2) is 24.3 Å². The highest BCUT2D eigenvalue weighted by Crippen LogP contribution is 2.26. The summed E-state index contributed by atoms with van der Waals surface area (Å²) >= 11 is -1.09. The van der Waals surface area contributed by atoms with Gasteiger partial charge in [0.2, 0.25) is 0 Å². The fraction of sp³-hybridized carbons (Fsp3) is 0.571. The van der Waals surface area contributed by atoms with Gasteiger partial charge in [0.15, 0.2) is 11.2 Å². The van der Waals surface area contributed by atoms with Crippen molar-refractivity contribution in [2.24, 2.45) is 0 Å². The van der Waals surface area contributed by atoms with Gasteiger partial charge < -0.3 is 9.64 Å². The Bertz CT molecular complexity index is 477. The average molecular weight is 295 g/mol. The summed E-state index contributed by atoms with van der Waals surface area (Å²) in [5.74, 6) is 0. The number of nitrogens with one attached hydrogen (secondary N) is 1. The summed E-state index contributed by atoms with van der Waals surface area (Å²) < 4.78 is 22.4. The highest BCUT2D eigenvalue weighted by molar-refractivity contribution is 7.80. The lowest BCUT2D eigenvalue weighted by molar-refractivity contribution is 0.0748. The van der Waals surface area contributed by atoms with E-state index in [4.69, 9.17) is 4.74 Å². The maximum absolute atomic E-state index is 12.1. The Morgan fingerprint density at radius 3 is 2.85 bits per heavy atom. The van der Waals surface area contributed by atoms with Gasteiger partial charge in [-0.15, -0.1) is 0 Å². The predicted molar refractivity (Wildman–Crippen MR) is 80.9 cm³/mol. The lowest BCUT2D eigenvalue weighted by atomic mass is 10.2. The van der Waals surface area contributed by atoms with Gasteiger partial charge in [-0.1, -0.05) is 18.2 Å². The summed E-state index contributed by atoms with van der Waals surface area (Å²) in [4.78, 5) is 2.36. The molecule has 0 bridgehead atoms. The van der Waals surface area contributed by atoms with E-state index in [9.17, 15) is 4.21 Å². The van der Waals surface area contributed by atoms with Crippen molar-refractivity contribution in [1.29, 1.82) is 0 Å². The molecule has 0 saturated carbocycles. The molecular weight excluding hydrogens is 274 g/mol. The van der Waals surface area contributed by atoms with Crippen molar-refractivity contribution in [3.05, 3.63) is 29.8 Å². The summed E-state index contributed by atoms with van der Waals surface area (Å²) in [5, 5.41) is 0. The number of nitrogens with zero attached hydrogens (tertiary/aromatic N) is 2. The van der Waals surface area contributed by atoms with Crippen LogP contribution in [0.5, 0.6) is 0 Å². The molecule has 0 aromatic heterocycles. The van der Waals surface area contributed by atoms with Crippen molar-refractivity contribution < 1.29 is 8.95 Å². The molecule has 1 aromatic rings. The number of para-hydroxylation sites is 1. The first-order valence-corrected chi connectivity index (χ1v) is 8.26. The van der Waals surface area contributed by atoms with E-state index in [1.807, 2.05) is 4.31 Å². The zero-order valence-corrected chi connectivity index (χ0v) is 12.4. The van der Waals surface area contributed by atoms with Crippen LogP contribution in [0, 0.1) is 0 Å². The van der Waals surface area contributed by atoms with Crippen molar-refractivity contribution in [2.75, 3.05) is 50.8 Å². The first kappa shape index (κ1) is 14.0. The molecule has 1 aromatic carbocycles. The Morgan fingerprint density at radius 1 is 1.20 bits per heavy atom. The number of anilines is 1. The van der Waals surface area contributed by atoms with Crippen LogP contribution in [0.3, 0.4) is 0 Å². The summed E-state index contributed by atoms with van der Waals surface area (Å²) in [7, 11) is 0. The third kappa shape index (κ3) is 3.20. The monoisotopic (exact) mass is 295 g/mol. The molecule has 2 heterocycles. The minimum Gasteiger partial charge on any atom is -0.379 e. The lowest BCUT2D eigenvalue weighted by Gasteiger charge is -2.26. The van der Waals surface area contributed by atoms with Crippen LogP contribution in [-0.2, 0) is 22.3 Å². The van der Waals surface area contributed by atoms with E-state index in [-0.39, 0.29) is 0 Å². The smallest absolute Gasteiger partial charge is 0.170 e. The molecule has 5 nitrogen and oxygen atoms in total. The van der Waals surface area contributed by atoms with E-state index >= 15 is 0 Å². The van der Waals surface area contributed by atoms with E-state index in [0.717, 1.165) is 39.1 Å². The molecule has 0 radical (unpaired) electrons. The molecule has 3 rings (SSSR count). The van der Waals surface area contributed by atoms with Gasteiger partial charge in [-0.3, -0.25) is 0 Å². The number of rotatable bonds is 5. The first-order chi connectivity index (χ1) is 9.84. The molecule has 1 N–H and O–H groups in total. The van der Waals surface area contributed by atoms with Gasteiger partial charge in [0.1, 0.15) is 0 Å². The van der Waals surface area contributed by atoms with Crippen LogP contribution >= 0.6 is 0 Å². The second-order valence-corrected chi connectivity index (χ2v) is 6.35. The standard InChI is InChI=1S/C14H21N3O2S/c18-20(17-9-11-19-12-10-17)15-6-8-16-7-5-13-3-1-2-4-14(13)16/h1-4,15H,5-12H2. The number of hydrogen-bond acceptors (Lipinski definition) is 3. The predicted octanol–water partition coefficient (Wildman–Crippen LogP) is 0.550. The quantitative estimate of drug-likeness (QED) is 0.863. The minimum atomic E-state index is -1.09. The fourth-order valence-corrected chi connectivity index (χ4v) is 3.64. The molecule has 20 heavy (non-hydrogen) atoms. The molecule has 110 valence electrons. The Kier molecular flexibility index (Phi) is 4.67. The second kappa shape index (κ2) is 6.67. The van der Waals surface area contributed by atoms with Crippen LogP contribution in [0.4, 0.5) is 5.69 Å². The molecule has 1 atom stereocenters. The normalized spacial score (nSPS) is 20.9. The third-order valence-corrected chi connectivity index (χ3v) is 5.08. The van der Waals surface area contributed by atoms with Gasteiger partial charge in [-0.25, -0.2) is 13.2 Å². The molecule has 1 saturated heterocycles. The average Bonchev–Trinajstić information content (AvgIpc) is 2.92. The molecular formula is C14H21N3O2S. The van der Waals surface area contributed by atoms with Gasteiger partial charge in [0.25, 0.3) is 0 Å². The summed E-state index contributed by atoms with van der Waals surface area (Å²) in [6.45, 7) is 5.52. The van der Waals surface area contributed by atoms with E-state index in [1.165, 1.54) is 11.3 Å². The van der Waals surface area contributed by atoms with Gasteiger partial charge in [0.05, 0.1) is 13.2 Å². The van der Waals surface area contributed by atoms with E-state index in [2.05, 4.69) is 33.9 Å². The van der Waals surface area contributed by atoms with E-state index in [1.54, 1.807) is 0 Å². The number of hydrogen-bond donors (Lipinski definition) is 1. The fourth-order valence-electron chi connectivity index (χ4n) is 2.71. The van der Waals surface area contributed by atoms with Gasteiger partial charge >= 0.3 is 0 Å². The molecule has 0 amide bonds. The highest BCUT2D eigenvalue weighted by Gasteiger charge is 2.19. The summed E-state index contributed by atoms with van der Waals surface area (Å²) in [6.07, 6.45) is 1.11. The van der Waals surface area contributed by atoms with Crippen molar-refractivity contribution >= 4 is 16.9 Å². The minimum absolute atomic E-state index is 0.674. The van der Waals surface area contributed by atoms with Crippen molar-refractivity contribution in [2.45, 2.75) is 6.42 Å². The largest absolute Gasteiger partial charge is 0.379 e. The van der Waals surface area contributed by atoms with E-state index < -0.39 is 11.2 Å². The lowest BCUT2D eigenvalue weighted by Crippen LogP contribution is -2.44. The molecule has 1 unspecified atom stereocenters. The summed E-state index contributed by atoms with van der Waals surface area (Å²) in [6, 6.07) is 8.53. The first-order valence-electron chi connectivity index (χ1n) is 7.15. The zero-order valence-electron chi connectivity index (χ0n) is 11.6. The maximum Gasteiger partial charge on any atom is 0.170 e. The van der Waals surface area contributed by atoms with Crippen LogP contribution in [-0.4, -0.2) is 54.5 Å². The molecule has 2 aliphatic rings.